The van der Waals surface area contributed by atoms with Gasteiger partial charge in [0.1, 0.15) is 0 Å². The van der Waals surface area contributed by atoms with Crippen LogP contribution in [0.2, 0.25) is 0 Å². The molecule has 0 atom stereocenters. The molecule has 4 aromatic rings. The van der Waals surface area contributed by atoms with Crippen molar-refractivity contribution in [2.45, 2.75) is 63.4 Å². The number of carbonyl (C=O) groups is 1. The molecule has 184 valence electrons. The van der Waals surface area contributed by atoms with Crippen molar-refractivity contribution in [2.24, 2.45) is 0 Å². The lowest BCUT2D eigenvalue weighted by molar-refractivity contribution is 0.0938. The van der Waals surface area contributed by atoms with E-state index in [1.165, 1.54) is 17.3 Å². The molecule has 1 heterocycles. The zero-order valence-corrected chi connectivity index (χ0v) is 21.8. The van der Waals surface area contributed by atoms with Gasteiger partial charge >= 0.3 is 0 Å². The summed E-state index contributed by atoms with van der Waals surface area (Å²) in [6, 6.07) is 20.0. The molecular formula is C30H31N3O2S. The van der Waals surface area contributed by atoms with Gasteiger partial charge in [-0.25, -0.2) is 4.98 Å². The molecule has 6 heteroatoms. The Morgan fingerprint density at radius 1 is 0.944 bits per heavy atom. The summed E-state index contributed by atoms with van der Waals surface area (Å²) < 4.78 is 1.71. The van der Waals surface area contributed by atoms with E-state index in [0.717, 1.165) is 48.1 Å². The first-order chi connectivity index (χ1) is 17.4. The van der Waals surface area contributed by atoms with Crippen LogP contribution in [0, 0.1) is 20.8 Å². The zero-order valence-electron chi connectivity index (χ0n) is 21.0. The Bertz CT molecular complexity index is 1460. The molecule has 5 rings (SSSR count). The van der Waals surface area contributed by atoms with E-state index in [9.17, 15) is 9.59 Å². The molecule has 1 aliphatic carbocycles. The quantitative estimate of drug-likeness (QED) is 0.252. The highest BCUT2D eigenvalue weighted by atomic mass is 32.2. The van der Waals surface area contributed by atoms with E-state index in [1.54, 1.807) is 22.8 Å². The smallest absolute Gasteiger partial charge is 0.266 e. The minimum Gasteiger partial charge on any atom is -0.349 e. The SMILES string of the molecule is Cc1ccc(CSc2nc3cc(C(=O)NC4CCCC4)ccc3c(=O)n2-c2cc(C)cc(C)c2)cc1. The van der Waals surface area contributed by atoms with Gasteiger partial charge in [-0.05, 0) is 80.6 Å². The van der Waals surface area contributed by atoms with Crippen LogP contribution < -0.4 is 10.9 Å². The number of rotatable bonds is 6. The highest BCUT2D eigenvalue weighted by molar-refractivity contribution is 7.98. The van der Waals surface area contributed by atoms with E-state index in [1.807, 2.05) is 26.0 Å². The Morgan fingerprint density at radius 3 is 2.33 bits per heavy atom. The zero-order chi connectivity index (χ0) is 25.2. The predicted octanol–water partition coefficient (Wildman–Crippen LogP) is 6.28. The van der Waals surface area contributed by atoms with Crippen LogP contribution in [0.25, 0.3) is 16.6 Å². The molecule has 36 heavy (non-hydrogen) atoms. The van der Waals surface area contributed by atoms with Gasteiger partial charge in [-0.1, -0.05) is 60.5 Å². The summed E-state index contributed by atoms with van der Waals surface area (Å²) in [5.41, 5.74) is 6.32. The van der Waals surface area contributed by atoms with Gasteiger partial charge in [0.05, 0.1) is 16.6 Å². The van der Waals surface area contributed by atoms with E-state index >= 15 is 0 Å². The predicted molar refractivity (Wildman–Crippen MR) is 147 cm³/mol. The first kappa shape index (κ1) is 24.3. The van der Waals surface area contributed by atoms with Crippen LogP contribution in [-0.2, 0) is 5.75 Å². The van der Waals surface area contributed by atoms with Crippen LogP contribution in [0.1, 0.15) is 58.3 Å². The first-order valence-electron chi connectivity index (χ1n) is 12.5. The number of nitrogens with one attached hydrogen (secondary N) is 1. The van der Waals surface area contributed by atoms with Gasteiger partial charge in [-0.3, -0.25) is 14.2 Å². The van der Waals surface area contributed by atoms with Crippen molar-refractivity contribution < 1.29 is 4.79 Å². The number of carbonyl (C=O) groups excluding carboxylic acids is 1. The fraction of sp³-hybridized carbons (Fsp3) is 0.300. The van der Waals surface area contributed by atoms with Gasteiger partial charge < -0.3 is 5.32 Å². The lowest BCUT2D eigenvalue weighted by Gasteiger charge is -2.16. The van der Waals surface area contributed by atoms with Gasteiger partial charge in [0, 0.05) is 17.4 Å². The minimum atomic E-state index is -0.126. The summed E-state index contributed by atoms with van der Waals surface area (Å²) in [5, 5.41) is 4.26. The van der Waals surface area contributed by atoms with Crippen LogP contribution in [0.3, 0.4) is 0 Å². The van der Waals surface area contributed by atoms with Crippen molar-refractivity contribution in [2.75, 3.05) is 0 Å². The second-order valence-electron chi connectivity index (χ2n) is 9.84. The molecule has 1 aliphatic rings. The molecule has 3 aromatic carbocycles. The molecule has 0 bridgehead atoms. The Balaban J connectivity index is 1.57. The second-order valence-corrected chi connectivity index (χ2v) is 10.8. The molecule has 1 fully saturated rings. The monoisotopic (exact) mass is 497 g/mol. The lowest BCUT2D eigenvalue weighted by atomic mass is 10.1. The number of benzene rings is 3. The molecule has 0 saturated heterocycles. The van der Waals surface area contributed by atoms with E-state index in [0.29, 0.717) is 27.4 Å². The summed E-state index contributed by atoms with van der Waals surface area (Å²) in [7, 11) is 0. The van der Waals surface area contributed by atoms with Crippen LogP contribution in [0.5, 0.6) is 0 Å². The molecular weight excluding hydrogens is 466 g/mol. The number of amides is 1. The molecule has 1 saturated carbocycles. The Labute approximate surface area is 216 Å². The number of thioether (sulfide) groups is 1. The normalized spacial score (nSPS) is 13.9. The molecule has 0 aliphatic heterocycles. The largest absolute Gasteiger partial charge is 0.349 e. The number of fused-ring (bicyclic) bond motifs is 1. The van der Waals surface area contributed by atoms with E-state index in [-0.39, 0.29) is 17.5 Å². The van der Waals surface area contributed by atoms with E-state index in [2.05, 4.69) is 42.6 Å². The Hall–Kier alpha value is -3.38. The third kappa shape index (κ3) is 5.24. The van der Waals surface area contributed by atoms with Crippen molar-refractivity contribution in [1.29, 1.82) is 0 Å². The highest BCUT2D eigenvalue weighted by Gasteiger charge is 2.20. The fourth-order valence-corrected chi connectivity index (χ4v) is 5.85. The maximum atomic E-state index is 13.8. The summed E-state index contributed by atoms with van der Waals surface area (Å²) in [6.07, 6.45) is 4.36. The molecule has 1 aromatic heterocycles. The Morgan fingerprint density at radius 2 is 1.64 bits per heavy atom. The van der Waals surface area contributed by atoms with Crippen molar-refractivity contribution in [3.8, 4) is 5.69 Å². The maximum absolute atomic E-state index is 13.8. The highest BCUT2D eigenvalue weighted by Crippen LogP contribution is 2.26. The standard InChI is InChI=1S/C30H31N3O2S/c1-19-8-10-22(11-9-19)18-36-30-32-27-17-23(28(34)31-24-6-4-5-7-24)12-13-26(27)29(35)33(30)25-15-20(2)14-21(3)16-25/h8-17,24H,4-7,18H2,1-3H3,(H,31,34). The topological polar surface area (TPSA) is 64.0 Å². The lowest BCUT2D eigenvalue weighted by Crippen LogP contribution is -2.32. The third-order valence-electron chi connectivity index (χ3n) is 6.74. The molecule has 0 radical (unpaired) electrons. The van der Waals surface area contributed by atoms with Crippen molar-refractivity contribution in [3.63, 3.8) is 0 Å². The van der Waals surface area contributed by atoms with Crippen LogP contribution >= 0.6 is 11.8 Å². The molecule has 0 spiro atoms. The van der Waals surface area contributed by atoms with Crippen molar-refractivity contribution in [1.82, 2.24) is 14.9 Å². The van der Waals surface area contributed by atoms with Gasteiger partial charge in [-0.15, -0.1) is 0 Å². The third-order valence-corrected chi connectivity index (χ3v) is 7.75. The molecule has 1 N–H and O–H groups in total. The number of hydrogen-bond acceptors (Lipinski definition) is 4. The first-order valence-corrected chi connectivity index (χ1v) is 13.5. The van der Waals surface area contributed by atoms with Crippen LogP contribution in [0.15, 0.2) is 70.6 Å². The van der Waals surface area contributed by atoms with Gasteiger partial charge in [-0.2, -0.15) is 0 Å². The Kier molecular flexibility index (Phi) is 6.97. The molecule has 5 nitrogen and oxygen atoms in total. The van der Waals surface area contributed by atoms with Crippen LogP contribution in [-0.4, -0.2) is 21.5 Å². The average molecular weight is 498 g/mol. The second kappa shape index (κ2) is 10.3. The fourth-order valence-electron chi connectivity index (χ4n) is 4.88. The van der Waals surface area contributed by atoms with Crippen LogP contribution in [0.4, 0.5) is 0 Å². The molecule has 1 amide bonds. The van der Waals surface area contributed by atoms with E-state index in [4.69, 9.17) is 4.98 Å². The van der Waals surface area contributed by atoms with Gasteiger partial charge in [0.2, 0.25) is 0 Å². The summed E-state index contributed by atoms with van der Waals surface area (Å²) in [6.45, 7) is 6.13. The van der Waals surface area contributed by atoms with Gasteiger partial charge in [0.15, 0.2) is 5.16 Å². The summed E-state index contributed by atoms with van der Waals surface area (Å²) in [5.74, 6) is 0.586. The van der Waals surface area contributed by atoms with Crippen molar-refractivity contribution >= 4 is 28.6 Å². The van der Waals surface area contributed by atoms with Crippen molar-refractivity contribution in [3.05, 3.63) is 98.8 Å². The number of nitrogens with zero attached hydrogens (tertiary/aromatic N) is 2. The number of aryl methyl sites for hydroxylation is 3. The summed E-state index contributed by atoms with van der Waals surface area (Å²) >= 11 is 1.53. The maximum Gasteiger partial charge on any atom is 0.266 e. The van der Waals surface area contributed by atoms with E-state index < -0.39 is 0 Å². The molecule has 0 unspecified atom stereocenters. The number of hydrogen-bond donors (Lipinski definition) is 1. The minimum absolute atomic E-state index is 0.0991. The number of aromatic nitrogens is 2. The summed E-state index contributed by atoms with van der Waals surface area (Å²) in [4.78, 5) is 31.6. The van der Waals surface area contributed by atoms with Gasteiger partial charge in [0.25, 0.3) is 11.5 Å². The average Bonchev–Trinajstić information content (AvgIpc) is 3.36.